The van der Waals surface area contributed by atoms with Gasteiger partial charge in [0.25, 0.3) is 0 Å². The van der Waals surface area contributed by atoms with E-state index in [1.807, 2.05) is 17.0 Å². The Hall–Kier alpha value is -1.34. The van der Waals surface area contributed by atoms with Crippen LogP contribution in [0.1, 0.15) is 12.6 Å². The Kier molecular flexibility index (Phi) is 8.19. The molecule has 0 aliphatic carbocycles. The molecule has 0 bridgehead atoms. The van der Waals surface area contributed by atoms with Crippen LogP contribution in [0.25, 0.3) is 0 Å². The van der Waals surface area contributed by atoms with Crippen LogP contribution in [0.5, 0.6) is 0 Å². The number of carbonyl (C=O) groups excluding carboxylic acids is 4. The van der Waals surface area contributed by atoms with Crippen LogP contribution < -0.4 is 44.8 Å². The van der Waals surface area contributed by atoms with Crippen LogP contribution in [0.2, 0.25) is 0 Å². The molecule has 0 aromatic carbocycles. The number of ether oxygens (including phenoxy) is 1. The van der Waals surface area contributed by atoms with Gasteiger partial charge in [-0.25, -0.2) is 0 Å². The SMILES string of the molecule is CN=c1scc(CC(=O)NC2C(=O)N3CC(COC(C)=O)(C(=O)[O-])CS[C@H]23)n1C.[Na+]. The van der Waals surface area contributed by atoms with Crippen LogP contribution in [0.15, 0.2) is 10.4 Å². The summed E-state index contributed by atoms with van der Waals surface area (Å²) >= 11 is 2.66. The first kappa shape index (κ1) is 24.9. The summed E-state index contributed by atoms with van der Waals surface area (Å²) in [7, 11) is 3.49. The predicted molar refractivity (Wildman–Crippen MR) is 102 cm³/mol. The van der Waals surface area contributed by atoms with E-state index in [2.05, 4.69) is 10.3 Å². The number of amides is 2. The number of fused-ring (bicyclic) bond motifs is 1. The summed E-state index contributed by atoms with van der Waals surface area (Å²) < 4.78 is 6.70. The van der Waals surface area contributed by atoms with E-state index < -0.39 is 23.4 Å². The van der Waals surface area contributed by atoms with Crippen molar-refractivity contribution in [2.24, 2.45) is 17.5 Å². The number of esters is 1. The third kappa shape index (κ3) is 4.77. The van der Waals surface area contributed by atoms with Crippen molar-refractivity contribution in [2.45, 2.75) is 24.8 Å². The van der Waals surface area contributed by atoms with Gasteiger partial charge >= 0.3 is 35.5 Å². The molecular weight excluding hydrogens is 443 g/mol. The van der Waals surface area contributed by atoms with E-state index in [0.29, 0.717) is 0 Å². The van der Waals surface area contributed by atoms with E-state index in [9.17, 15) is 24.3 Å². The molecule has 1 N–H and O–H groups in total. The number of hydrogen-bond acceptors (Lipinski definition) is 9. The molecule has 3 rings (SSSR count). The number of rotatable bonds is 6. The number of thiazole rings is 1. The van der Waals surface area contributed by atoms with Crippen molar-refractivity contribution in [3.05, 3.63) is 15.9 Å². The van der Waals surface area contributed by atoms with Crippen molar-refractivity contribution in [1.29, 1.82) is 0 Å². The molecular formula is C17H21N4NaO6S2. The molecule has 1 aromatic rings. The van der Waals surface area contributed by atoms with Gasteiger partial charge in [0.05, 0.1) is 17.8 Å². The maximum atomic E-state index is 12.5. The second kappa shape index (κ2) is 9.86. The van der Waals surface area contributed by atoms with E-state index in [1.54, 1.807) is 7.05 Å². The van der Waals surface area contributed by atoms with Crippen LogP contribution in [0, 0.1) is 5.41 Å². The zero-order valence-electron chi connectivity index (χ0n) is 17.2. The van der Waals surface area contributed by atoms with Crippen molar-refractivity contribution in [3.8, 4) is 0 Å². The fourth-order valence-electron chi connectivity index (χ4n) is 3.29. The van der Waals surface area contributed by atoms with Gasteiger partial charge in [-0.05, 0) is 0 Å². The second-order valence-electron chi connectivity index (χ2n) is 7.03. The number of carboxylic acid groups (broad SMARTS) is 1. The van der Waals surface area contributed by atoms with Crippen molar-refractivity contribution < 1.29 is 58.6 Å². The number of nitrogens with one attached hydrogen (secondary N) is 1. The quantitative estimate of drug-likeness (QED) is 0.253. The normalized spacial score (nSPS) is 25.6. The van der Waals surface area contributed by atoms with E-state index in [1.165, 1.54) is 34.9 Å². The Morgan fingerprint density at radius 3 is 2.70 bits per heavy atom. The largest absolute Gasteiger partial charge is 1.00 e. The molecule has 2 aliphatic rings. The third-order valence-corrected chi connectivity index (χ3v) is 7.64. The van der Waals surface area contributed by atoms with Crippen LogP contribution >= 0.6 is 23.1 Å². The smallest absolute Gasteiger partial charge is 0.549 e. The zero-order valence-corrected chi connectivity index (χ0v) is 20.8. The number of aromatic nitrogens is 1. The Morgan fingerprint density at radius 2 is 2.13 bits per heavy atom. The first-order valence-electron chi connectivity index (χ1n) is 8.81. The molecule has 2 saturated heterocycles. The van der Waals surface area contributed by atoms with Gasteiger partial charge in [0, 0.05) is 44.4 Å². The summed E-state index contributed by atoms with van der Waals surface area (Å²) in [6.45, 7) is 0.712. The number of carboxylic acids is 1. The Morgan fingerprint density at radius 1 is 1.43 bits per heavy atom. The van der Waals surface area contributed by atoms with Gasteiger partial charge < -0.3 is 29.4 Å². The molecule has 2 fully saturated rings. The molecule has 13 heteroatoms. The van der Waals surface area contributed by atoms with Crippen LogP contribution in [0.4, 0.5) is 0 Å². The van der Waals surface area contributed by atoms with Crippen molar-refractivity contribution >= 4 is 46.9 Å². The number of β-lactam (4-membered cyclic amide) rings is 1. The molecule has 3 atom stereocenters. The zero-order chi connectivity index (χ0) is 21.3. The van der Waals surface area contributed by atoms with Crippen LogP contribution in [-0.4, -0.2) is 70.6 Å². The first-order valence-corrected chi connectivity index (χ1v) is 10.7. The van der Waals surface area contributed by atoms with Gasteiger partial charge in [0.2, 0.25) is 11.8 Å². The van der Waals surface area contributed by atoms with Gasteiger partial charge in [-0.15, -0.1) is 23.1 Å². The summed E-state index contributed by atoms with van der Waals surface area (Å²) in [4.78, 5) is 53.9. The first-order chi connectivity index (χ1) is 13.7. The molecule has 2 amide bonds. The van der Waals surface area contributed by atoms with Crippen molar-refractivity contribution in [2.75, 3.05) is 26.0 Å². The molecule has 2 aliphatic heterocycles. The minimum atomic E-state index is -1.46. The van der Waals surface area contributed by atoms with E-state index in [0.717, 1.165) is 10.5 Å². The monoisotopic (exact) mass is 464 g/mol. The Labute approximate surface area is 203 Å². The number of hydrogen-bond donors (Lipinski definition) is 1. The minimum Gasteiger partial charge on any atom is -0.549 e. The average Bonchev–Trinajstić information content (AvgIpc) is 3.03. The van der Waals surface area contributed by atoms with E-state index >= 15 is 0 Å². The fraction of sp³-hybridized carbons (Fsp3) is 0.588. The molecule has 2 unspecified atom stereocenters. The fourth-order valence-corrected chi connectivity index (χ4v) is 5.67. The molecule has 158 valence electrons. The summed E-state index contributed by atoms with van der Waals surface area (Å²) in [6, 6.07) is -0.708. The number of aliphatic carboxylic acids is 1. The van der Waals surface area contributed by atoms with Gasteiger partial charge in [0.15, 0.2) is 4.80 Å². The topological polar surface area (TPSA) is 133 Å². The van der Waals surface area contributed by atoms with E-state index in [4.69, 9.17) is 4.74 Å². The Balaban J connectivity index is 0.00000320. The molecule has 1 aromatic heterocycles. The van der Waals surface area contributed by atoms with Gasteiger partial charge in [-0.3, -0.25) is 19.4 Å². The number of nitrogens with zero attached hydrogens (tertiary/aromatic N) is 3. The summed E-state index contributed by atoms with van der Waals surface area (Å²) in [5.41, 5.74) is -0.674. The maximum absolute atomic E-state index is 12.5. The molecule has 0 radical (unpaired) electrons. The molecule has 30 heavy (non-hydrogen) atoms. The number of thioether (sulfide) groups is 1. The average molecular weight is 465 g/mol. The standard InChI is InChI=1S/C17H22N4O6S2.Na/c1-9(22)27-7-17(15(25)26)6-21-13(24)12(14(21)29-8-17)19-11(23)4-10-5-28-16(18-2)20(10)3;/h5,12,14H,4,6-8H2,1-3H3,(H,19,23)(H,25,26);/q;+1/p-1/t12?,14-,17?;/m1./s1. The van der Waals surface area contributed by atoms with Crippen LogP contribution in [0.3, 0.4) is 0 Å². The number of carbonyl (C=O) groups is 4. The van der Waals surface area contributed by atoms with Crippen molar-refractivity contribution in [1.82, 2.24) is 14.8 Å². The molecule has 0 spiro atoms. The third-order valence-electron chi connectivity index (χ3n) is 5.00. The van der Waals surface area contributed by atoms with E-state index in [-0.39, 0.29) is 72.1 Å². The summed E-state index contributed by atoms with van der Waals surface area (Å²) in [5, 5.41) is 15.9. The summed E-state index contributed by atoms with van der Waals surface area (Å²) in [5.74, 6) is -2.51. The molecule has 0 saturated carbocycles. The minimum absolute atomic E-state index is 0. The predicted octanol–water partition coefficient (Wildman–Crippen LogP) is -5.14. The van der Waals surface area contributed by atoms with Gasteiger partial charge in [-0.1, -0.05) is 0 Å². The van der Waals surface area contributed by atoms with Gasteiger partial charge in [0.1, 0.15) is 18.0 Å². The maximum Gasteiger partial charge on any atom is 1.00 e. The van der Waals surface area contributed by atoms with Gasteiger partial charge in [-0.2, -0.15) is 0 Å². The Bertz CT molecular complexity index is 932. The van der Waals surface area contributed by atoms with Crippen molar-refractivity contribution in [3.63, 3.8) is 0 Å². The molecule has 3 heterocycles. The summed E-state index contributed by atoms with van der Waals surface area (Å²) in [6.07, 6.45) is 0.110. The second-order valence-corrected chi connectivity index (χ2v) is 8.97. The van der Waals surface area contributed by atoms with Crippen LogP contribution in [-0.2, 0) is 37.4 Å². The molecule has 10 nitrogen and oxygen atoms in total.